The van der Waals surface area contributed by atoms with Gasteiger partial charge in [-0.1, -0.05) is 30.3 Å². The normalized spacial score (nSPS) is 12.6. The van der Waals surface area contributed by atoms with Crippen LogP contribution in [-0.4, -0.2) is 38.7 Å². The highest BCUT2D eigenvalue weighted by Crippen LogP contribution is 2.30. The molecule has 2 aromatic rings. The molecule has 1 heterocycles. The molecule has 0 aliphatic carbocycles. The number of nitrogens with zero attached hydrogens (tertiary/aromatic N) is 1. The molecule has 0 bridgehead atoms. The van der Waals surface area contributed by atoms with Gasteiger partial charge in [0.25, 0.3) is 5.91 Å². The van der Waals surface area contributed by atoms with E-state index in [0.29, 0.717) is 31.8 Å². The summed E-state index contributed by atoms with van der Waals surface area (Å²) in [4.78, 5) is 26.3. The average molecular weight is 367 g/mol. The number of urea groups is 1. The maximum Gasteiger partial charge on any atom is 0.315 e. The lowest BCUT2D eigenvalue weighted by Crippen LogP contribution is -2.35. The van der Waals surface area contributed by atoms with Crippen molar-refractivity contribution in [3.63, 3.8) is 0 Å². The van der Waals surface area contributed by atoms with Crippen molar-refractivity contribution >= 4 is 17.6 Å². The molecule has 6 heteroatoms. The monoisotopic (exact) mass is 367 g/mol. The highest BCUT2D eigenvalue weighted by Gasteiger charge is 2.25. The first-order chi connectivity index (χ1) is 13.2. The number of rotatable bonds is 7. The van der Waals surface area contributed by atoms with Crippen LogP contribution in [0.5, 0.6) is 0 Å². The van der Waals surface area contributed by atoms with Crippen molar-refractivity contribution in [2.24, 2.45) is 0 Å². The third-order valence-electron chi connectivity index (χ3n) is 4.57. The molecule has 1 aliphatic rings. The van der Waals surface area contributed by atoms with E-state index in [4.69, 9.17) is 4.74 Å². The predicted molar refractivity (Wildman–Crippen MR) is 105 cm³/mol. The van der Waals surface area contributed by atoms with E-state index >= 15 is 0 Å². The smallest absolute Gasteiger partial charge is 0.315 e. The first-order valence-corrected chi connectivity index (χ1v) is 9.18. The Morgan fingerprint density at radius 1 is 1.11 bits per heavy atom. The van der Waals surface area contributed by atoms with Gasteiger partial charge in [-0.2, -0.15) is 0 Å². The highest BCUT2D eigenvalue weighted by molar-refractivity contribution is 6.07. The number of amides is 3. The Hall–Kier alpha value is -2.86. The molecule has 142 valence electrons. The number of carbonyl (C=O) groups excluding carboxylic acids is 2. The lowest BCUT2D eigenvalue weighted by molar-refractivity contribution is 0.0989. The van der Waals surface area contributed by atoms with E-state index in [2.05, 4.69) is 16.7 Å². The number of hydrogen-bond donors (Lipinski definition) is 2. The zero-order valence-corrected chi connectivity index (χ0v) is 15.5. The van der Waals surface area contributed by atoms with Crippen LogP contribution in [0.15, 0.2) is 48.5 Å². The zero-order valence-electron chi connectivity index (χ0n) is 15.5. The molecular formula is C21H25N3O3. The molecule has 3 amide bonds. The Morgan fingerprint density at radius 2 is 1.93 bits per heavy atom. The van der Waals surface area contributed by atoms with Gasteiger partial charge in [0, 0.05) is 44.6 Å². The van der Waals surface area contributed by atoms with Crippen LogP contribution >= 0.6 is 0 Å². The van der Waals surface area contributed by atoms with Crippen LogP contribution in [0.4, 0.5) is 10.5 Å². The van der Waals surface area contributed by atoms with Crippen LogP contribution in [0.25, 0.3) is 0 Å². The molecule has 0 radical (unpaired) electrons. The third-order valence-corrected chi connectivity index (χ3v) is 4.57. The minimum absolute atomic E-state index is 0.0238. The minimum atomic E-state index is -0.188. The van der Waals surface area contributed by atoms with E-state index in [-0.39, 0.29) is 11.9 Å². The summed E-state index contributed by atoms with van der Waals surface area (Å²) in [7, 11) is 1.64. The Kier molecular flexibility index (Phi) is 6.44. The van der Waals surface area contributed by atoms with Crippen LogP contribution < -0.4 is 15.5 Å². The fourth-order valence-corrected chi connectivity index (χ4v) is 3.18. The van der Waals surface area contributed by atoms with Crippen LogP contribution in [0.3, 0.4) is 0 Å². The first kappa shape index (κ1) is 18.9. The van der Waals surface area contributed by atoms with Crippen molar-refractivity contribution in [1.29, 1.82) is 0 Å². The van der Waals surface area contributed by atoms with Gasteiger partial charge in [0.05, 0.1) is 0 Å². The van der Waals surface area contributed by atoms with Gasteiger partial charge in [-0.15, -0.1) is 0 Å². The summed E-state index contributed by atoms with van der Waals surface area (Å²) < 4.78 is 4.95. The number of anilines is 1. The molecule has 1 aliphatic heterocycles. The van der Waals surface area contributed by atoms with Gasteiger partial charge in [-0.3, -0.25) is 4.79 Å². The molecule has 0 aromatic heterocycles. The van der Waals surface area contributed by atoms with Gasteiger partial charge in [-0.25, -0.2) is 4.79 Å². The second-order valence-electron chi connectivity index (χ2n) is 6.49. The molecule has 0 saturated heterocycles. The van der Waals surface area contributed by atoms with Gasteiger partial charge >= 0.3 is 6.03 Å². The summed E-state index contributed by atoms with van der Waals surface area (Å²) in [5.74, 6) is 0.0238. The first-order valence-electron chi connectivity index (χ1n) is 9.18. The van der Waals surface area contributed by atoms with E-state index in [0.717, 1.165) is 29.7 Å². The second kappa shape index (κ2) is 9.19. The Morgan fingerprint density at radius 3 is 2.70 bits per heavy atom. The largest absolute Gasteiger partial charge is 0.385 e. The van der Waals surface area contributed by atoms with Crippen molar-refractivity contribution in [3.05, 3.63) is 65.2 Å². The predicted octanol–water partition coefficient (Wildman–Crippen LogP) is 2.73. The summed E-state index contributed by atoms with van der Waals surface area (Å²) >= 11 is 0. The molecule has 6 nitrogen and oxygen atoms in total. The summed E-state index contributed by atoms with van der Waals surface area (Å²) in [5.41, 5.74) is 3.81. The fraction of sp³-hybridized carbons (Fsp3) is 0.333. The van der Waals surface area contributed by atoms with Gasteiger partial charge < -0.3 is 20.3 Å². The van der Waals surface area contributed by atoms with Gasteiger partial charge in [0.1, 0.15) is 0 Å². The van der Waals surface area contributed by atoms with Crippen LogP contribution in [0.1, 0.15) is 27.9 Å². The highest BCUT2D eigenvalue weighted by atomic mass is 16.5. The number of ether oxygens (including phenoxy) is 1. The average Bonchev–Trinajstić information content (AvgIpc) is 3.13. The molecule has 0 saturated carbocycles. The second-order valence-corrected chi connectivity index (χ2v) is 6.49. The summed E-state index contributed by atoms with van der Waals surface area (Å²) in [6.07, 6.45) is 1.61. The SMILES string of the molecule is COCCCNC(=O)NCc1ccc2c(c1)CCN2C(=O)c1ccccc1. The quantitative estimate of drug-likeness (QED) is 0.739. The van der Waals surface area contributed by atoms with E-state index < -0.39 is 0 Å². The zero-order chi connectivity index (χ0) is 19.1. The third kappa shape index (κ3) is 4.86. The van der Waals surface area contributed by atoms with Crippen molar-refractivity contribution < 1.29 is 14.3 Å². The number of nitrogens with one attached hydrogen (secondary N) is 2. The standard InChI is InChI=1S/C21H25N3O3/c1-27-13-5-11-22-21(26)23-15-16-8-9-19-18(14-16)10-12-24(19)20(25)17-6-3-2-4-7-17/h2-4,6-9,14H,5,10-13,15H2,1H3,(H2,22,23,26). The molecule has 2 aromatic carbocycles. The Bertz CT molecular complexity index is 793. The summed E-state index contributed by atoms with van der Waals surface area (Å²) in [6.45, 7) is 2.35. The summed E-state index contributed by atoms with van der Waals surface area (Å²) in [6, 6.07) is 15.1. The lowest BCUT2D eigenvalue weighted by Gasteiger charge is -2.17. The van der Waals surface area contributed by atoms with Gasteiger partial charge in [0.15, 0.2) is 0 Å². The number of fused-ring (bicyclic) bond motifs is 1. The number of benzene rings is 2. The van der Waals surface area contributed by atoms with Crippen molar-refractivity contribution in [2.45, 2.75) is 19.4 Å². The Labute approximate surface area is 159 Å². The van der Waals surface area contributed by atoms with Crippen LogP contribution in [0.2, 0.25) is 0 Å². The van der Waals surface area contributed by atoms with Gasteiger partial charge in [-0.05, 0) is 42.2 Å². The molecule has 0 spiro atoms. The maximum atomic E-state index is 12.7. The van der Waals surface area contributed by atoms with E-state index in [1.54, 1.807) is 7.11 Å². The van der Waals surface area contributed by atoms with Crippen LogP contribution in [-0.2, 0) is 17.7 Å². The molecule has 0 atom stereocenters. The van der Waals surface area contributed by atoms with E-state index in [1.807, 2.05) is 47.4 Å². The van der Waals surface area contributed by atoms with E-state index in [1.165, 1.54) is 0 Å². The number of hydrogen-bond acceptors (Lipinski definition) is 3. The molecule has 2 N–H and O–H groups in total. The molecule has 0 unspecified atom stereocenters. The number of carbonyl (C=O) groups is 2. The number of methoxy groups -OCH3 is 1. The fourth-order valence-electron chi connectivity index (χ4n) is 3.18. The topological polar surface area (TPSA) is 70.7 Å². The van der Waals surface area contributed by atoms with Crippen molar-refractivity contribution in [2.75, 3.05) is 31.7 Å². The van der Waals surface area contributed by atoms with Crippen molar-refractivity contribution in [1.82, 2.24) is 10.6 Å². The maximum absolute atomic E-state index is 12.7. The van der Waals surface area contributed by atoms with Crippen molar-refractivity contribution in [3.8, 4) is 0 Å². The van der Waals surface area contributed by atoms with E-state index in [9.17, 15) is 9.59 Å². The molecule has 0 fully saturated rings. The Balaban J connectivity index is 1.57. The lowest BCUT2D eigenvalue weighted by atomic mass is 10.1. The summed E-state index contributed by atoms with van der Waals surface area (Å²) in [5, 5.41) is 5.65. The minimum Gasteiger partial charge on any atom is -0.385 e. The molecular weight excluding hydrogens is 342 g/mol. The van der Waals surface area contributed by atoms with Crippen LogP contribution in [0, 0.1) is 0 Å². The molecule has 3 rings (SSSR count). The molecule has 27 heavy (non-hydrogen) atoms. The van der Waals surface area contributed by atoms with Gasteiger partial charge in [0.2, 0.25) is 0 Å².